The van der Waals surface area contributed by atoms with Crippen molar-refractivity contribution in [3.63, 3.8) is 0 Å². The first-order chi connectivity index (χ1) is 7.42. The Balaban J connectivity index is 2.13. The van der Waals surface area contributed by atoms with Gasteiger partial charge in [0.05, 0.1) is 10.2 Å². The van der Waals surface area contributed by atoms with E-state index in [0.717, 1.165) is 22.6 Å². The third-order valence-electron chi connectivity index (χ3n) is 1.93. The van der Waals surface area contributed by atoms with Gasteiger partial charge in [-0.3, -0.25) is 0 Å². The molecule has 0 spiro atoms. The summed E-state index contributed by atoms with van der Waals surface area (Å²) in [6.07, 6.45) is 5.48. The van der Waals surface area contributed by atoms with Crippen LogP contribution in [-0.4, -0.2) is 23.1 Å². The smallest absolute Gasteiger partial charge is 0.147 e. The molecule has 5 heteroatoms. The van der Waals surface area contributed by atoms with E-state index < -0.39 is 0 Å². The Bertz CT molecular complexity index is 463. The van der Waals surface area contributed by atoms with Crippen LogP contribution in [0.5, 0.6) is 0 Å². The quantitative estimate of drug-likeness (QED) is 0.768. The van der Waals surface area contributed by atoms with Gasteiger partial charge in [0.1, 0.15) is 12.1 Å². The molecule has 2 rings (SSSR count). The summed E-state index contributed by atoms with van der Waals surface area (Å²) >= 11 is 1.64. The van der Waals surface area contributed by atoms with Gasteiger partial charge in [-0.15, -0.1) is 11.3 Å². The second kappa shape index (κ2) is 4.86. The molecule has 0 aliphatic carbocycles. The van der Waals surface area contributed by atoms with Gasteiger partial charge < -0.3 is 11.1 Å². The summed E-state index contributed by atoms with van der Waals surface area (Å²) in [5, 5.41) is 5.24. The molecular formula is C10H12N4S. The molecule has 3 N–H and O–H groups in total. The van der Waals surface area contributed by atoms with E-state index in [1.165, 1.54) is 0 Å². The topological polar surface area (TPSA) is 63.8 Å². The summed E-state index contributed by atoms with van der Waals surface area (Å²) in [4.78, 5) is 8.37. The molecule has 0 bridgehead atoms. The van der Waals surface area contributed by atoms with Gasteiger partial charge in [0.2, 0.25) is 0 Å². The number of aromatic nitrogens is 2. The first-order valence-electron chi connectivity index (χ1n) is 4.69. The van der Waals surface area contributed by atoms with Crippen molar-refractivity contribution in [2.75, 3.05) is 18.4 Å². The molecule has 0 saturated carbocycles. The molecule has 15 heavy (non-hydrogen) atoms. The fourth-order valence-electron chi connectivity index (χ4n) is 1.25. The van der Waals surface area contributed by atoms with Crippen LogP contribution in [0.15, 0.2) is 29.9 Å². The third-order valence-corrected chi connectivity index (χ3v) is 2.84. The van der Waals surface area contributed by atoms with Crippen LogP contribution in [0, 0.1) is 0 Å². The average Bonchev–Trinajstić information content (AvgIpc) is 2.73. The lowest BCUT2D eigenvalue weighted by molar-refractivity contribution is 1.18. The minimum absolute atomic E-state index is 0.569. The molecule has 4 nitrogen and oxygen atoms in total. The van der Waals surface area contributed by atoms with Crippen LogP contribution in [-0.2, 0) is 0 Å². The van der Waals surface area contributed by atoms with E-state index in [1.807, 2.05) is 23.6 Å². The van der Waals surface area contributed by atoms with E-state index in [1.54, 1.807) is 17.7 Å². The van der Waals surface area contributed by atoms with Crippen LogP contribution < -0.4 is 11.1 Å². The number of fused-ring (bicyclic) bond motifs is 1. The van der Waals surface area contributed by atoms with Crippen molar-refractivity contribution in [1.82, 2.24) is 9.97 Å². The van der Waals surface area contributed by atoms with Gasteiger partial charge in [-0.2, -0.15) is 0 Å². The largest absolute Gasteiger partial charge is 0.365 e. The summed E-state index contributed by atoms with van der Waals surface area (Å²) in [6, 6.07) is 1.99. The van der Waals surface area contributed by atoms with Crippen molar-refractivity contribution in [2.24, 2.45) is 5.73 Å². The number of hydrogen-bond donors (Lipinski definition) is 2. The highest BCUT2D eigenvalue weighted by Gasteiger charge is 2.02. The van der Waals surface area contributed by atoms with Gasteiger partial charge in [-0.1, -0.05) is 12.2 Å². The van der Waals surface area contributed by atoms with Crippen LogP contribution in [0.2, 0.25) is 0 Å². The molecule has 2 aromatic rings. The maximum absolute atomic E-state index is 5.34. The zero-order valence-electron chi connectivity index (χ0n) is 8.18. The van der Waals surface area contributed by atoms with Gasteiger partial charge in [0.15, 0.2) is 0 Å². The van der Waals surface area contributed by atoms with E-state index in [2.05, 4.69) is 15.3 Å². The molecule has 0 atom stereocenters. The summed E-state index contributed by atoms with van der Waals surface area (Å²) in [6.45, 7) is 1.31. The van der Waals surface area contributed by atoms with Crippen LogP contribution in [0.1, 0.15) is 0 Å². The summed E-state index contributed by atoms with van der Waals surface area (Å²) in [5.74, 6) is 0.886. The lowest BCUT2D eigenvalue weighted by Gasteiger charge is -2.02. The second-order valence-corrected chi connectivity index (χ2v) is 3.86. The molecule has 0 aliphatic heterocycles. The molecule has 0 saturated heterocycles. The lowest BCUT2D eigenvalue weighted by Crippen LogP contribution is -2.02. The van der Waals surface area contributed by atoms with Crippen molar-refractivity contribution < 1.29 is 0 Å². The van der Waals surface area contributed by atoms with Crippen LogP contribution >= 0.6 is 11.3 Å². The second-order valence-electron chi connectivity index (χ2n) is 2.95. The number of nitrogens with zero attached hydrogens (tertiary/aromatic N) is 2. The minimum Gasteiger partial charge on any atom is -0.365 e. The van der Waals surface area contributed by atoms with E-state index in [-0.39, 0.29) is 0 Å². The molecule has 0 fully saturated rings. The van der Waals surface area contributed by atoms with E-state index >= 15 is 0 Å². The molecule has 2 heterocycles. The molecule has 0 aromatic carbocycles. The Labute approximate surface area is 91.9 Å². The fourth-order valence-corrected chi connectivity index (χ4v) is 2.06. The Morgan fingerprint density at radius 3 is 3.20 bits per heavy atom. The standard InChI is InChI=1S/C10H12N4S/c11-4-1-2-5-12-10-9-8(3-6-15-9)13-7-14-10/h1-3,6-7H,4-5,11H2,(H,12,13,14)/b2-1+. The maximum Gasteiger partial charge on any atom is 0.147 e. The van der Waals surface area contributed by atoms with E-state index in [0.29, 0.717) is 6.54 Å². The normalized spacial score (nSPS) is 11.3. The van der Waals surface area contributed by atoms with E-state index in [9.17, 15) is 0 Å². The average molecular weight is 220 g/mol. The van der Waals surface area contributed by atoms with Crippen molar-refractivity contribution in [3.8, 4) is 0 Å². The molecule has 0 radical (unpaired) electrons. The number of hydrogen-bond acceptors (Lipinski definition) is 5. The van der Waals surface area contributed by atoms with Gasteiger partial charge >= 0.3 is 0 Å². The Hall–Kier alpha value is -1.46. The molecule has 0 amide bonds. The van der Waals surface area contributed by atoms with Crippen molar-refractivity contribution in [1.29, 1.82) is 0 Å². The number of nitrogens with two attached hydrogens (primary N) is 1. The monoisotopic (exact) mass is 220 g/mol. The Kier molecular flexibility index (Phi) is 3.26. The van der Waals surface area contributed by atoms with Crippen molar-refractivity contribution >= 4 is 27.4 Å². The van der Waals surface area contributed by atoms with Crippen LogP contribution in [0.25, 0.3) is 10.2 Å². The molecule has 0 aliphatic rings. The molecular weight excluding hydrogens is 208 g/mol. The fraction of sp³-hybridized carbons (Fsp3) is 0.200. The predicted molar refractivity (Wildman–Crippen MR) is 64.1 cm³/mol. The first kappa shape index (κ1) is 10.1. The highest BCUT2D eigenvalue weighted by Crippen LogP contribution is 2.24. The van der Waals surface area contributed by atoms with Gasteiger partial charge in [0, 0.05) is 13.1 Å². The highest BCUT2D eigenvalue weighted by atomic mass is 32.1. The van der Waals surface area contributed by atoms with E-state index in [4.69, 9.17) is 5.73 Å². The SMILES string of the molecule is NC/C=C/CNc1ncnc2ccsc12. The molecule has 2 aromatic heterocycles. The summed E-state index contributed by atoms with van der Waals surface area (Å²) in [5.41, 5.74) is 6.33. The Morgan fingerprint density at radius 1 is 1.40 bits per heavy atom. The Morgan fingerprint density at radius 2 is 2.33 bits per heavy atom. The first-order valence-corrected chi connectivity index (χ1v) is 5.57. The van der Waals surface area contributed by atoms with Crippen molar-refractivity contribution in [2.45, 2.75) is 0 Å². The van der Waals surface area contributed by atoms with Gasteiger partial charge in [-0.05, 0) is 11.4 Å². The zero-order chi connectivity index (χ0) is 10.5. The number of nitrogens with one attached hydrogen (secondary N) is 1. The summed E-state index contributed by atoms with van der Waals surface area (Å²) < 4.78 is 1.10. The molecule has 0 unspecified atom stereocenters. The van der Waals surface area contributed by atoms with Crippen molar-refractivity contribution in [3.05, 3.63) is 29.9 Å². The highest BCUT2D eigenvalue weighted by molar-refractivity contribution is 7.17. The third kappa shape index (κ3) is 2.31. The minimum atomic E-state index is 0.569. The van der Waals surface area contributed by atoms with Crippen LogP contribution in [0.3, 0.4) is 0 Å². The van der Waals surface area contributed by atoms with Crippen LogP contribution in [0.4, 0.5) is 5.82 Å². The van der Waals surface area contributed by atoms with Gasteiger partial charge in [-0.25, -0.2) is 9.97 Å². The summed E-state index contributed by atoms with van der Waals surface area (Å²) in [7, 11) is 0. The predicted octanol–water partition coefficient (Wildman–Crippen LogP) is 1.62. The zero-order valence-corrected chi connectivity index (χ0v) is 9.00. The lowest BCUT2D eigenvalue weighted by atomic mass is 10.4. The molecule has 78 valence electrons. The maximum atomic E-state index is 5.34. The number of rotatable bonds is 4. The number of thiophene rings is 1. The van der Waals surface area contributed by atoms with Gasteiger partial charge in [0.25, 0.3) is 0 Å². The number of anilines is 1.